The summed E-state index contributed by atoms with van der Waals surface area (Å²) in [7, 11) is 0. The number of hydroxylamine groups is 2. The predicted molar refractivity (Wildman–Crippen MR) is 49.8 cm³/mol. The van der Waals surface area contributed by atoms with Gasteiger partial charge in [-0.2, -0.15) is 11.1 Å². The minimum absolute atomic E-state index is 0.112. The van der Waals surface area contributed by atoms with Crippen molar-refractivity contribution in [3.63, 3.8) is 0 Å². The fourth-order valence-electron chi connectivity index (χ4n) is 1.57. The molecule has 2 fully saturated rings. The predicted octanol–water partition coefficient (Wildman–Crippen LogP) is -2.80. The Morgan fingerprint density at radius 1 is 0.938 bits per heavy atom. The molecule has 2 aliphatic heterocycles. The number of carbonyl (C=O) groups is 2. The number of nitrogens with zero attached hydrogens (tertiary/aromatic N) is 2. The molecule has 4 N–H and O–H groups in total. The van der Waals surface area contributed by atoms with Crippen LogP contribution in [0.25, 0.3) is 0 Å². The number of carbonyl (C=O) groups excluding carboxylic acids is 2. The first-order valence-corrected chi connectivity index (χ1v) is 4.63. The van der Waals surface area contributed by atoms with Gasteiger partial charge in [0.1, 0.15) is 0 Å². The van der Waals surface area contributed by atoms with E-state index in [1.807, 2.05) is 0 Å². The van der Waals surface area contributed by atoms with E-state index in [9.17, 15) is 20.0 Å². The normalized spacial score (nSPS) is 31.9. The van der Waals surface area contributed by atoms with E-state index >= 15 is 0 Å². The number of hydrogen-bond donors (Lipinski definition) is 4. The van der Waals surface area contributed by atoms with Gasteiger partial charge in [-0.1, -0.05) is 0 Å². The Bertz CT molecular complexity index is 281. The van der Waals surface area contributed by atoms with Crippen molar-refractivity contribution in [2.75, 3.05) is 0 Å². The number of amides is 2. The zero-order chi connectivity index (χ0) is 11.7. The van der Waals surface area contributed by atoms with Gasteiger partial charge in [-0.15, -0.1) is 0 Å². The standard InChI is InChI=1S/C6H10N6O4/c13-5-3(11(15)9-7-5)1-2-4-6(14)8-10-12(4)16/h3-4,9-10H,1-2H2,(H,7,13)(H,8,14)/q-2. The average molecular weight is 230 g/mol. The topological polar surface area (TPSA) is 135 Å². The second-order valence-corrected chi connectivity index (χ2v) is 3.46. The summed E-state index contributed by atoms with van der Waals surface area (Å²) in [5, 5.41) is 22.9. The van der Waals surface area contributed by atoms with E-state index < -0.39 is 23.9 Å². The fraction of sp³-hybridized carbons (Fsp3) is 0.667. The second kappa shape index (κ2) is 4.29. The third-order valence-corrected chi connectivity index (χ3v) is 2.46. The van der Waals surface area contributed by atoms with Crippen LogP contribution in [0.5, 0.6) is 0 Å². The summed E-state index contributed by atoms with van der Waals surface area (Å²) >= 11 is 0. The van der Waals surface area contributed by atoms with Gasteiger partial charge in [0.15, 0.2) is 0 Å². The summed E-state index contributed by atoms with van der Waals surface area (Å²) in [6, 6.07) is -1.83. The lowest BCUT2D eigenvalue weighted by Gasteiger charge is -2.29. The largest absolute Gasteiger partial charge is 0.770 e. The van der Waals surface area contributed by atoms with Gasteiger partial charge >= 0.3 is 0 Å². The van der Waals surface area contributed by atoms with Gasteiger partial charge in [-0.05, 0) is 12.8 Å². The lowest BCUT2D eigenvalue weighted by atomic mass is 10.1. The molecule has 10 heteroatoms. The highest BCUT2D eigenvalue weighted by Crippen LogP contribution is 2.14. The minimum atomic E-state index is -0.915. The summed E-state index contributed by atoms with van der Waals surface area (Å²) in [5.41, 5.74) is 8.44. The Morgan fingerprint density at radius 2 is 1.31 bits per heavy atom. The van der Waals surface area contributed by atoms with Gasteiger partial charge < -0.3 is 10.4 Å². The van der Waals surface area contributed by atoms with Crippen molar-refractivity contribution in [3.05, 3.63) is 10.4 Å². The van der Waals surface area contributed by atoms with Crippen molar-refractivity contribution < 1.29 is 9.59 Å². The second-order valence-electron chi connectivity index (χ2n) is 3.46. The van der Waals surface area contributed by atoms with Crippen molar-refractivity contribution in [2.45, 2.75) is 24.9 Å². The van der Waals surface area contributed by atoms with Gasteiger partial charge in [-0.25, -0.2) is 0 Å². The van der Waals surface area contributed by atoms with Gasteiger partial charge in [0, 0.05) is 0 Å². The Hall–Kier alpha value is -1.30. The third kappa shape index (κ3) is 1.97. The first-order chi connectivity index (χ1) is 7.59. The Kier molecular flexibility index (Phi) is 3.00. The molecule has 0 aliphatic carbocycles. The van der Waals surface area contributed by atoms with Gasteiger partial charge in [0.25, 0.3) is 11.8 Å². The molecule has 0 spiro atoms. The Morgan fingerprint density at radius 3 is 1.56 bits per heavy atom. The van der Waals surface area contributed by atoms with Crippen molar-refractivity contribution in [1.29, 1.82) is 0 Å². The van der Waals surface area contributed by atoms with Crippen LogP contribution >= 0.6 is 0 Å². The first-order valence-electron chi connectivity index (χ1n) is 4.63. The first kappa shape index (κ1) is 11.2. The van der Waals surface area contributed by atoms with Crippen LogP contribution in [0.4, 0.5) is 0 Å². The third-order valence-electron chi connectivity index (χ3n) is 2.46. The summed E-state index contributed by atoms with van der Waals surface area (Å²) in [4.78, 5) is 22.3. The van der Waals surface area contributed by atoms with Crippen LogP contribution in [-0.4, -0.2) is 34.2 Å². The van der Waals surface area contributed by atoms with Crippen molar-refractivity contribution in [2.24, 2.45) is 0 Å². The number of hydrogen-bond acceptors (Lipinski definition) is 8. The Balaban J connectivity index is 1.87. The molecule has 0 saturated carbocycles. The molecule has 2 unspecified atom stereocenters. The molecular formula is C6H10N6O4-2. The maximum absolute atomic E-state index is 11.1. The molecule has 2 heterocycles. The quantitative estimate of drug-likeness (QED) is 0.408. The van der Waals surface area contributed by atoms with Crippen molar-refractivity contribution in [3.8, 4) is 0 Å². The summed E-state index contributed by atoms with van der Waals surface area (Å²) in [6.45, 7) is 0. The molecular weight excluding hydrogens is 220 g/mol. The highest BCUT2D eigenvalue weighted by atomic mass is 16.6. The van der Waals surface area contributed by atoms with Crippen LogP contribution in [0.2, 0.25) is 0 Å². The zero-order valence-corrected chi connectivity index (χ0v) is 8.10. The van der Waals surface area contributed by atoms with E-state index in [1.54, 1.807) is 0 Å². The molecule has 16 heavy (non-hydrogen) atoms. The van der Waals surface area contributed by atoms with Crippen LogP contribution in [-0.2, 0) is 9.59 Å². The van der Waals surface area contributed by atoms with E-state index in [-0.39, 0.29) is 12.8 Å². The van der Waals surface area contributed by atoms with Gasteiger partial charge in [-0.3, -0.25) is 30.8 Å². The summed E-state index contributed by atoms with van der Waals surface area (Å²) in [6.07, 6.45) is 0.224. The van der Waals surface area contributed by atoms with Crippen LogP contribution in [0.15, 0.2) is 0 Å². The average Bonchev–Trinajstić information content (AvgIpc) is 2.72. The maximum atomic E-state index is 11.1. The molecule has 2 rings (SSSR count). The molecule has 0 bridgehead atoms. The maximum Gasteiger partial charge on any atom is 0.252 e. The van der Waals surface area contributed by atoms with E-state index in [1.165, 1.54) is 0 Å². The molecule has 0 aromatic carbocycles. The van der Waals surface area contributed by atoms with Crippen molar-refractivity contribution in [1.82, 2.24) is 32.3 Å². The van der Waals surface area contributed by atoms with E-state index in [4.69, 9.17) is 0 Å². The van der Waals surface area contributed by atoms with E-state index in [2.05, 4.69) is 21.9 Å². The minimum Gasteiger partial charge on any atom is -0.770 e. The molecule has 2 atom stereocenters. The number of hydrazine groups is 4. The molecule has 2 aliphatic rings. The number of nitrogens with one attached hydrogen (secondary N) is 4. The Labute approximate surface area is 90.0 Å². The molecule has 2 saturated heterocycles. The molecule has 10 nitrogen and oxygen atoms in total. The van der Waals surface area contributed by atoms with E-state index in [0.717, 1.165) is 0 Å². The smallest absolute Gasteiger partial charge is 0.252 e. The monoisotopic (exact) mass is 230 g/mol. The molecule has 0 aromatic heterocycles. The van der Waals surface area contributed by atoms with Crippen LogP contribution in [0.3, 0.4) is 0 Å². The van der Waals surface area contributed by atoms with Gasteiger partial charge in [0.05, 0.1) is 12.1 Å². The van der Waals surface area contributed by atoms with Crippen LogP contribution in [0.1, 0.15) is 12.8 Å². The zero-order valence-electron chi connectivity index (χ0n) is 8.10. The van der Waals surface area contributed by atoms with Crippen LogP contribution < -0.4 is 21.9 Å². The molecule has 0 radical (unpaired) electrons. The fourth-order valence-corrected chi connectivity index (χ4v) is 1.57. The van der Waals surface area contributed by atoms with E-state index in [0.29, 0.717) is 10.3 Å². The summed E-state index contributed by atoms with van der Waals surface area (Å²) in [5.74, 6) is -0.947. The summed E-state index contributed by atoms with van der Waals surface area (Å²) < 4.78 is 0. The highest BCUT2D eigenvalue weighted by Gasteiger charge is 2.31. The lowest BCUT2D eigenvalue weighted by molar-refractivity contribution is -0.123. The molecule has 2 amide bonds. The number of rotatable bonds is 3. The lowest BCUT2D eigenvalue weighted by Crippen LogP contribution is -2.37. The SMILES string of the molecule is O=C1NNN([O-])C1CCC1C(=O)NNN1[O-]. The molecule has 90 valence electrons. The highest BCUT2D eigenvalue weighted by molar-refractivity contribution is 5.84. The van der Waals surface area contributed by atoms with Crippen molar-refractivity contribution >= 4 is 11.8 Å². The van der Waals surface area contributed by atoms with Crippen LogP contribution in [0, 0.1) is 10.4 Å². The molecule has 0 aromatic rings. The van der Waals surface area contributed by atoms with Gasteiger partial charge in [0.2, 0.25) is 0 Å².